The molecule has 0 bridgehead atoms. The second kappa shape index (κ2) is 11.4. The molecule has 0 aliphatic heterocycles. The summed E-state index contributed by atoms with van der Waals surface area (Å²) in [5, 5.41) is 3.50. The molecule has 2 nitrogen and oxygen atoms in total. The first kappa shape index (κ1) is 19.8. The maximum absolute atomic E-state index is 4.18. The monoisotopic (exact) mass is 306 g/mol. The van der Waals surface area contributed by atoms with E-state index < -0.39 is 0 Å². The second-order valence-electron chi connectivity index (χ2n) is 5.15. The average molecular weight is 307 g/mol. The van der Waals surface area contributed by atoms with Gasteiger partial charge in [0, 0.05) is 22.7 Å². The molecule has 0 radical (unpaired) electrons. The third-order valence-corrected chi connectivity index (χ3v) is 4.07. The van der Waals surface area contributed by atoms with Crippen LogP contribution in [0.2, 0.25) is 0 Å². The van der Waals surface area contributed by atoms with Gasteiger partial charge in [0.25, 0.3) is 0 Å². The second-order valence-corrected chi connectivity index (χ2v) is 6.54. The molecule has 0 amide bonds. The number of nitrogens with zero attached hydrogens (tertiary/aromatic N) is 1. The molecule has 0 aliphatic carbocycles. The number of rotatable bonds is 12. The Hall–Kier alpha value is -1.22. The van der Waals surface area contributed by atoms with Crippen LogP contribution in [0.15, 0.2) is 52.7 Å². The Morgan fingerprint density at radius 2 is 1.95 bits per heavy atom. The number of thioether (sulfide) groups is 1. The molecule has 0 saturated carbocycles. The van der Waals surface area contributed by atoms with E-state index in [1.807, 2.05) is 13.0 Å². The van der Waals surface area contributed by atoms with Crippen molar-refractivity contribution >= 4 is 18.5 Å². The van der Waals surface area contributed by atoms with Crippen molar-refractivity contribution in [2.45, 2.75) is 52.5 Å². The molecule has 0 spiro atoms. The fourth-order valence-electron chi connectivity index (χ4n) is 1.94. The fraction of sp³-hybridized carbons (Fsp3) is 0.500. The lowest BCUT2D eigenvalue weighted by atomic mass is 10.1. The molecule has 0 aromatic carbocycles. The minimum Gasteiger partial charge on any atom is -0.381 e. The first-order valence-electron chi connectivity index (χ1n) is 7.46. The van der Waals surface area contributed by atoms with Gasteiger partial charge in [-0.3, -0.25) is 4.99 Å². The lowest BCUT2D eigenvalue weighted by molar-refractivity contribution is 0.619. The Morgan fingerprint density at radius 1 is 1.29 bits per heavy atom. The highest BCUT2D eigenvalue weighted by atomic mass is 32.2. The van der Waals surface area contributed by atoms with Gasteiger partial charge < -0.3 is 5.32 Å². The molecular formula is C18H30N2S. The van der Waals surface area contributed by atoms with Gasteiger partial charge in [-0.1, -0.05) is 31.7 Å². The fourth-order valence-corrected chi connectivity index (χ4v) is 2.65. The Labute approximate surface area is 135 Å². The van der Waals surface area contributed by atoms with Gasteiger partial charge in [-0.15, -0.1) is 18.3 Å². The van der Waals surface area contributed by atoms with E-state index >= 15 is 0 Å². The van der Waals surface area contributed by atoms with Crippen LogP contribution in [0.4, 0.5) is 0 Å². The molecular weight excluding hydrogens is 276 g/mol. The van der Waals surface area contributed by atoms with Gasteiger partial charge in [0.05, 0.1) is 6.04 Å². The molecule has 1 atom stereocenters. The number of nitrogens with one attached hydrogen (secondary N) is 1. The van der Waals surface area contributed by atoms with Crippen molar-refractivity contribution < 1.29 is 0 Å². The highest BCUT2D eigenvalue weighted by Gasteiger charge is 2.14. The molecule has 1 unspecified atom stereocenters. The molecule has 0 aromatic heterocycles. The molecule has 0 rings (SSSR count). The average Bonchev–Trinajstić information content (AvgIpc) is 2.43. The van der Waals surface area contributed by atoms with Crippen LogP contribution in [0, 0.1) is 0 Å². The lowest BCUT2D eigenvalue weighted by Gasteiger charge is -2.23. The van der Waals surface area contributed by atoms with Crippen molar-refractivity contribution in [3.63, 3.8) is 0 Å². The summed E-state index contributed by atoms with van der Waals surface area (Å²) in [6.07, 6.45) is 5.88. The van der Waals surface area contributed by atoms with E-state index in [9.17, 15) is 0 Å². The van der Waals surface area contributed by atoms with Crippen molar-refractivity contribution in [1.82, 2.24) is 5.32 Å². The maximum Gasteiger partial charge on any atom is 0.0618 e. The van der Waals surface area contributed by atoms with Crippen LogP contribution in [0.5, 0.6) is 0 Å². The van der Waals surface area contributed by atoms with Crippen molar-refractivity contribution in [3.8, 4) is 0 Å². The van der Waals surface area contributed by atoms with Crippen LogP contribution in [-0.4, -0.2) is 18.5 Å². The quantitative estimate of drug-likeness (QED) is 0.382. The molecule has 1 N–H and O–H groups in total. The minimum absolute atomic E-state index is 0.156. The van der Waals surface area contributed by atoms with Gasteiger partial charge in [0.2, 0.25) is 0 Å². The third kappa shape index (κ3) is 9.35. The minimum atomic E-state index is 0.156. The summed E-state index contributed by atoms with van der Waals surface area (Å²) in [6, 6.07) is 0.156. The maximum atomic E-state index is 4.18. The zero-order chi connectivity index (χ0) is 16.3. The van der Waals surface area contributed by atoms with E-state index in [0.717, 1.165) is 47.7 Å². The van der Waals surface area contributed by atoms with Crippen LogP contribution in [0.25, 0.3) is 0 Å². The van der Waals surface area contributed by atoms with Crippen molar-refractivity contribution in [2.24, 2.45) is 4.99 Å². The Kier molecular flexibility index (Phi) is 10.8. The van der Waals surface area contributed by atoms with Crippen LogP contribution in [0.1, 0.15) is 46.5 Å². The highest BCUT2D eigenvalue weighted by molar-refractivity contribution is 8.03. The predicted molar refractivity (Wildman–Crippen MR) is 99.9 cm³/mol. The zero-order valence-corrected chi connectivity index (χ0v) is 14.7. The standard InChI is InChI=1S/C18H30N2S/c1-8-17(19-7)13-18(16(6)21-9-2)20-15(5)12-10-11-14(3)4/h8,18,20H,3,5-7,9-13H2,1-2,4H3/b17-8-. The van der Waals surface area contributed by atoms with E-state index in [0.29, 0.717) is 0 Å². The van der Waals surface area contributed by atoms with Crippen LogP contribution < -0.4 is 5.32 Å². The number of hydrogen-bond donors (Lipinski definition) is 1. The summed E-state index contributed by atoms with van der Waals surface area (Å²) < 4.78 is 0. The van der Waals surface area contributed by atoms with E-state index in [1.165, 1.54) is 5.57 Å². The molecule has 0 saturated heterocycles. The first-order chi connectivity index (χ1) is 9.94. The van der Waals surface area contributed by atoms with Crippen molar-refractivity contribution in [2.75, 3.05) is 5.75 Å². The smallest absolute Gasteiger partial charge is 0.0618 e. The Bertz CT molecular complexity index is 407. The van der Waals surface area contributed by atoms with Gasteiger partial charge in [-0.2, -0.15) is 0 Å². The van der Waals surface area contributed by atoms with Gasteiger partial charge in [0.1, 0.15) is 0 Å². The molecule has 0 heterocycles. The molecule has 21 heavy (non-hydrogen) atoms. The largest absolute Gasteiger partial charge is 0.381 e. The molecule has 3 heteroatoms. The van der Waals surface area contributed by atoms with Gasteiger partial charge in [-0.25, -0.2) is 0 Å². The van der Waals surface area contributed by atoms with Crippen molar-refractivity contribution in [1.29, 1.82) is 0 Å². The third-order valence-electron chi connectivity index (χ3n) is 3.13. The predicted octanol–water partition coefficient (Wildman–Crippen LogP) is 5.47. The topological polar surface area (TPSA) is 24.4 Å². The van der Waals surface area contributed by atoms with E-state index in [2.05, 4.69) is 50.6 Å². The zero-order valence-electron chi connectivity index (χ0n) is 13.9. The number of allylic oxidation sites excluding steroid dienone is 3. The number of hydrogen-bond acceptors (Lipinski definition) is 3. The lowest BCUT2D eigenvalue weighted by Crippen LogP contribution is -2.29. The summed E-state index contributed by atoms with van der Waals surface area (Å²) in [6.45, 7) is 22.1. The van der Waals surface area contributed by atoms with Gasteiger partial charge >= 0.3 is 0 Å². The van der Waals surface area contributed by atoms with E-state index in [4.69, 9.17) is 0 Å². The van der Waals surface area contributed by atoms with Gasteiger partial charge in [-0.05, 0) is 45.6 Å². The highest BCUT2D eigenvalue weighted by Crippen LogP contribution is 2.23. The van der Waals surface area contributed by atoms with Crippen LogP contribution in [-0.2, 0) is 0 Å². The summed E-state index contributed by atoms with van der Waals surface area (Å²) >= 11 is 1.77. The SMILES string of the molecule is C=N/C(=C\C)CC(NC(=C)CCCC(=C)C)C(=C)SCC. The van der Waals surface area contributed by atoms with Crippen LogP contribution >= 0.6 is 11.8 Å². The van der Waals surface area contributed by atoms with E-state index in [-0.39, 0.29) is 6.04 Å². The van der Waals surface area contributed by atoms with Crippen LogP contribution in [0.3, 0.4) is 0 Å². The summed E-state index contributed by atoms with van der Waals surface area (Å²) in [5.74, 6) is 1.02. The van der Waals surface area contributed by atoms with Crippen molar-refractivity contribution in [3.05, 3.63) is 47.7 Å². The summed E-state index contributed by atoms with van der Waals surface area (Å²) in [4.78, 5) is 5.19. The first-order valence-corrected chi connectivity index (χ1v) is 8.45. The molecule has 0 fully saturated rings. The molecule has 0 aromatic rings. The normalized spacial score (nSPS) is 12.6. The Morgan fingerprint density at radius 3 is 2.43 bits per heavy atom. The molecule has 0 aliphatic rings. The van der Waals surface area contributed by atoms with E-state index in [1.54, 1.807) is 11.8 Å². The summed E-state index contributed by atoms with van der Waals surface area (Å²) in [7, 11) is 0. The number of aliphatic imine (C=N–C) groups is 1. The van der Waals surface area contributed by atoms with Gasteiger partial charge in [0.15, 0.2) is 0 Å². The Balaban J connectivity index is 4.58. The summed E-state index contributed by atoms with van der Waals surface area (Å²) in [5.41, 5.74) is 3.26. The molecule has 118 valence electrons.